The highest BCUT2D eigenvalue weighted by molar-refractivity contribution is 5.81. The van der Waals surface area contributed by atoms with Crippen LogP contribution in [0.5, 0.6) is 17.2 Å². The third kappa shape index (κ3) is 5.41. The van der Waals surface area contributed by atoms with E-state index < -0.39 is 6.10 Å². The maximum atomic E-state index is 12.6. The van der Waals surface area contributed by atoms with Gasteiger partial charge >= 0.3 is 0 Å². The molecule has 0 fully saturated rings. The highest BCUT2D eigenvalue weighted by Crippen LogP contribution is 2.22. The molecule has 0 aliphatic rings. The Bertz CT molecular complexity index is 699. The maximum absolute atomic E-state index is 12.6. The minimum Gasteiger partial charge on any atom is -0.497 e. The number of ether oxygens (including phenoxy) is 3. The van der Waals surface area contributed by atoms with Crippen LogP contribution in [0.25, 0.3) is 0 Å². The number of methoxy groups -OCH3 is 1. The van der Waals surface area contributed by atoms with Gasteiger partial charge in [-0.05, 0) is 50.1 Å². The predicted molar refractivity (Wildman–Crippen MR) is 102 cm³/mol. The van der Waals surface area contributed by atoms with Gasteiger partial charge in [-0.3, -0.25) is 4.79 Å². The van der Waals surface area contributed by atoms with E-state index in [4.69, 9.17) is 14.2 Å². The van der Waals surface area contributed by atoms with Crippen LogP contribution in [0, 0.1) is 0 Å². The Kier molecular flexibility index (Phi) is 7.33. The molecule has 2 atom stereocenters. The highest BCUT2D eigenvalue weighted by atomic mass is 16.5. The Morgan fingerprint density at radius 2 is 1.73 bits per heavy atom. The average Bonchev–Trinajstić information content (AvgIpc) is 2.67. The van der Waals surface area contributed by atoms with Crippen molar-refractivity contribution in [3.8, 4) is 17.2 Å². The average molecular weight is 357 g/mol. The third-order valence-electron chi connectivity index (χ3n) is 4.03. The lowest BCUT2D eigenvalue weighted by atomic mass is 10.1. The molecule has 0 saturated carbocycles. The normalized spacial score (nSPS) is 12.8. The molecule has 5 heteroatoms. The van der Waals surface area contributed by atoms with E-state index in [-0.39, 0.29) is 11.9 Å². The summed E-state index contributed by atoms with van der Waals surface area (Å²) >= 11 is 0. The van der Waals surface area contributed by atoms with Crippen LogP contribution in [0.2, 0.25) is 0 Å². The quantitative estimate of drug-likeness (QED) is 0.733. The van der Waals surface area contributed by atoms with Crippen molar-refractivity contribution in [2.45, 2.75) is 39.3 Å². The number of nitrogens with one attached hydrogen (secondary N) is 1. The van der Waals surface area contributed by atoms with Crippen LogP contribution in [-0.4, -0.2) is 25.7 Å². The summed E-state index contributed by atoms with van der Waals surface area (Å²) in [6, 6.07) is 14.9. The van der Waals surface area contributed by atoms with Gasteiger partial charge in [0, 0.05) is 6.07 Å². The Morgan fingerprint density at radius 1 is 1.04 bits per heavy atom. The second-order valence-corrected chi connectivity index (χ2v) is 5.93. The number of carbonyl (C=O) groups excluding carboxylic acids is 1. The van der Waals surface area contributed by atoms with Crippen LogP contribution in [0.4, 0.5) is 0 Å². The van der Waals surface area contributed by atoms with E-state index in [9.17, 15) is 4.79 Å². The molecular formula is C21H27NO4. The van der Waals surface area contributed by atoms with Gasteiger partial charge in [0.2, 0.25) is 0 Å². The highest BCUT2D eigenvalue weighted by Gasteiger charge is 2.21. The molecule has 0 heterocycles. The smallest absolute Gasteiger partial charge is 0.261 e. The zero-order valence-electron chi connectivity index (χ0n) is 15.8. The molecule has 1 amide bonds. The molecule has 0 unspecified atom stereocenters. The number of amides is 1. The van der Waals surface area contributed by atoms with E-state index in [0.29, 0.717) is 24.5 Å². The summed E-state index contributed by atoms with van der Waals surface area (Å²) in [4.78, 5) is 12.6. The fourth-order valence-electron chi connectivity index (χ4n) is 2.57. The number of hydrogen-bond acceptors (Lipinski definition) is 4. The van der Waals surface area contributed by atoms with E-state index in [0.717, 1.165) is 11.3 Å². The molecule has 26 heavy (non-hydrogen) atoms. The van der Waals surface area contributed by atoms with Gasteiger partial charge in [0.05, 0.1) is 19.8 Å². The molecule has 0 saturated heterocycles. The first-order valence-corrected chi connectivity index (χ1v) is 8.91. The molecule has 0 aromatic heterocycles. The number of hydrogen-bond donors (Lipinski definition) is 1. The summed E-state index contributed by atoms with van der Waals surface area (Å²) in [5.41, 5.74) is 1.01. The summed E-state index contributed by atoms with van der Waals surface area (Å²) < 4.78 is 16.5. The van der Waals surface area contributed by atoms with Gasteiger partial charge in [0.15, 0.2) is 6.10 Å². The molecule has 0 bridgehead atoms. The van der Waals surface area contributed by atoms with E-state index in [1.165, 1.54) is 0 Å². The summed E-state index contributed by atoms with van der Waals surface area (Å²) in [5, 5.41) is 3.01. The first kappa shape index (κ1) is 19.6. The molecule has 2 rings (SSSR count). The Labute approximate surface area is 155 Å². The molecular weight excluding hydrogens is 330 g/mol. The molecule has 0 aliphatic heterocycles. The van der Waals surface area contributed by atoms with Gasteiger partial charge in [0.25, 0.3) is 5.91 Å². The molecule has 2 aromatic rings. The molecule has 1 N–H and O–H groups in total. The zero-order chi connectivity index (χ0) is 18.9. The van der Waals surface area contributed by atoms with E-state index >= 15 is 0 Å². The van der Waals surface area contributed by atoms with Crippen LogP contribution in [0.15, 0.2) is 48.5 Å². The van der Waals surface area contributed by atoms with Crippen molar-refractivity contribution in [1.29, 1.82) is 0 Å². The number of carbonyl (C=O) groups is 1. The van der Waals surface area contributed by atoms with Gasteiger partial charge in [-0.2, -0.15) is 0 Å². The zero-order valence-corrected chi connectivity index (χ0v) is 15.8. The van der Waals surface area contributed by atoms with Gasteiger partial charge in [-0.15, -0.1) is 0 Å². The monoisotopic (exact) mass is 357 g/mol. The minimum atomic E-state index is -0.563. The Balaban J connectivity index is 1.98. The topological polar surface area (TPSA) is 56.8 Å². The fourth-order valence-corrected chi connectivity index (χ4v) is 2.57. The molecule has 2 aromatic carbocycles. The van der Waals surface area contributed by atoms with Crippen LogP contribution in [-0.2, 0) is 4.79 Å². The van der Waals surface area contributed by atoms with E-state index in [1.54, 1.807) is 13.2 Å². The van der Waals surface area contributed by atoms with Crippen LogP contribution in [0.1, 0.15) is 38.8 Å². The fraction of sp³-hybridized carbons (Fsp3) is 0.381. The summed E-state index contributed by atoms with van der Waals surface area (Å²) in [7, 11) is 1.60. The summed E-state index contributed by atoms with van der Waals surface area (Å²) in [6.45, 7) is 6.45. The maximum Gasteiger partial charge on any atom is 0.261 e. The van der Waals surface area contributed by atoms with Crippen molar-refractivity contribution in [2.24, 2.45) is 0 Å². The summed E-state index contributed by atoms with van der Waals surface area (Å²) in [5.74, 6) is 1.99. The molecule has 0 aliphatic carbocycles. The summed E-state index contributed by atoms with van der Waals surface area (Å²) in [6.07, 6.45) is 0.00577. The second-order valence-electron chi connectivity index (χ2n) is 5.93. The van der Waals surface area contributed by atoms with Crippen molar-refractivity contribution < 1.29 is 19.0 Å². The van der Waals surface area contributed by atoms with Crippen molar-refractivity contribution in [3.63, 3.8) is 0 Å². The second kappa shape index (κ2) is 9.70. The molecule has 140 valence electrons. The van der Waals surface area contributed by atoms with Crippen molar-refractivity contribution in [3.05, 3.63) is 54.1 Å². The number of rotatable bonds is 9. The lowest BCUT2D eigenvalue weighted by molar-refractivity contribution is -0.128. The largest absolute Gasteiger partial charge is 0.497 e. The SMILES string of the molecule is CCOc1ccc([C@@H](C)NC(=O)[C@@H](CC)Oc2cccc(OC)c2)cc1. The van der Waals surface area contributed by atoms with Gasteiger partial charge in [-0.25, -0.2) is 0 Å². The third-order valence-corrected chi connectivity index (χ3v) is 4.03. The van der Waals surface area contributed by atoms with Crippen LogP contribution < -0.4 is 19.5 Å². The van der Waals surface area contributed by atoms with Crippen molar-refractivity contribution in [1.82, 2.24) is 5.32 Å². The number of benzene rings is 2. The van der Waals surface area contributed by atoms with Gasteiger partial charge in [0.1, 0.15) is 17.2 Å². The predicted octanol–water partition coefficient (Wildman–Crippen LogP) is 4.13. The lowest BCUT2D eigenvalue weighted by Gasteiger charge is -2.21. The van der Waals surface area contributed by atoms with Gasteiger partial charge in [-0.1, -0.05) is 25.1 Å². The molecule has 5 nitrogen and oxygen atoms in total. The minimum absolute atomic E-state index is 0.124. The standard InChI is InChI=1S/C21H27NO4/c1-5-20(26-19-9-7-8-18(14-19)24-4)21(23)22-15(3)16-10-12-17(13-11-16)25-6-2/h7-15,20H,5-6H2,1-4H3,(H,22,23)/t15-,20-/m1/s1. The molecule has 0 radical (unpaired) electrons. The first-order chi connectivity index (χ1) is 12.6. The van der Waals surface area contributed by atoms with Gasteiger partial charge < -0.3 is 19.5 Å². The lowest BCUT2D eigenvalue weighted by Crippen LogP contribution is -2.39. The van der Waals surface area contributed by atoms with Crippen LogP contribution >= 0.6 is 0 Å². The first-order valence-electron chi connectivity index (χ1n) is 8.91. The van der Waals surface area contributed by atoms with Crippen molar-refractivity contribution >= 4 is 5.91 Å². The molecule has 0 spiro atoms. The van der Waals surface area contributed by atoms with Crippen molar-refractivity contribution in [2.75, 3.05) is 13.7 Å². The Hall–Kier alpha value is -2.69. The Morgan fingerprint density at radius 3 is 2.35 bits per heavy atom. The van der Waals surface area contributed by atoms with E-state index in [2.05, 4.69) is 5.32 Å². The van der Waals surface area contributed by atoms with Crippen LogP contribution in [0.3, 0.4) is 0 Å². The van der Waals surface area contributed by atoms with E-state index in [1.807, 2.05) is 63.2 Å².